The van der Waals surface area contributed by atoms with Crippen molar-refractivity contribution in [2.75, 3.05) is 0 Å². The zero-order valence-electron chi connectivity index (χ0n) is 11.2. The monoisotopic (exact) mass is 253 g/mol. The van der Waals surface area contributed by atoms with Crippen LogP contribution in [0.4, 0.5) is 0 Å². The molecule has 1 unspecified atom stereocenters. The summed E-state index contributed by atoms with van der Waals surface area (Å²) >= 11 is 0. The third-order valence-corrected chi connectivity index (χ3v) is 3.06. The predicted octanol–water partition coefficient (Wildman–Crippen LogP) is 0.646. The molecular weight excluding hydrogens is 231 g/mol. The van der Waals surface area contributed by atoms with Crippen LogP contribution in [0.5, 0.6) is 0 Å². The van der Waals surface area contributed by atoms with Gasteiger partial charge < -0.3 is 20.3 Å². The lowest BCUT2D eigenvalue weighted by atomic mass is 9.83. The molecule has 4 nitrogen and oxygen atoms in total. The molecule has 0 heterocycles. The summed E-state index contributed by atoms with van der Waals surface area (Å²) in [6, 6.07) is 9.99. The summed E-state index contributed by atoms with van der Waals surface area (Å²) < 4.78 is 0. The molecule has 4 N–H and O–H groups in total. The van der Waals surface area contributed by atoms with Crippen molar-refractivity contribution < 1.29 is 20.3 Å². The second-order valence-electron chi connectivity index (χ2n) is 4.93. The van der Waals surface area contributed by atoms with E-state index < -0.39 is 11.2 Å². The molecule has 1 aromatic carbocycles. The lowest BCUT2D eigenvalue weighted by Gasteiger charge is -2.35. The Kier molecular flexibility index (Phi) is 7.17. The van der Waals surface area contributed by atoms with E-state index in [2.05, 4.69) is 0 Å². The Morgan fingerprint density at radius 2 is 1.44 bits per heavy atom. The second-order valence-corrected chi connectivity index (χ2v) is 4.93. The van der Waals surface area contributed by atoms with Gasteiger partial charge in [0.15, 0.2) is 0 Å². The van der Waals surface area contributed by atoms with E-state index in [-0.39, 0.29) is 7.69 Å². The van der Waals surface area contributed by atoms with Crippen LogP contribution in [0.2, 0.25) is 0 Å². The molecule has 1 atom stereocenters. The summed E-state index contributed by atoms with van der Waals surface area (Å²) in [5.41, 5.74) is -0.938. The highest BCUT2D eigenvalue weighted by atomic mass is 16.4. The normalized spacial score (nSPS) is 14.2. The van der Waals surface area contributed by atoms with Crippen LogP contribution in [0.15, 0.2) is 30.3 Å². The number of benzene rings is 1. The lowest BCUT2D eigenvalue weighted by Crippen LogP contribution is -2.47. The van der Waals surface area contributed by atoms with Crippen LogP contribution in [0.1, 0.15) is 32.8 Å². The van der Waals surface area contributed by atoms with Gasteiger partial charge in [-0.15, -0.1) is 0 Å². The summed E-state index contributed by atoms with van der Waals surface area (Å²) in [5, 5.41) is 33.8. The minimum absolute atomic E-state index is 0. The summed E-state index contributed by atoms with van der Waals surface area (Å²) in [7, 11) is 0. The van der Waals surface area contributed by atoms with Crippen LogP contribution in [-0.4, -0.2) is 39.1 Å². The van der Waals surface area contributed by atoms with Crippen molar-refractivity contribution in [3.63, 3.8) is 0 Å². The maximum absolute atomic E-state index is 10.1. The van der Waals surface area contributed by atoms with Crippen molar-refractivity contribution in [3.8, 4) is 0 Å². The van der Waals surface area contributed by atoms with E-state index in [1.807, 2.05) is 30.3 Å². The SMILES string of the molecule is CC(C)(O)C(C)(O)CCc1ccccc1.O[B]O. The van der Waals surface area contributed by atoms with Crippen LogP contribution in [-0.2, 0) is 6.42 Å². The van der Waals surface area contributed by atoms with E-state index in [1.165, 1.54) is 5.56 Å². The van der Waals surface area contributed by atoms with Crippen molar-refractivity contribution in [3.05, 3.63) is 35.9 Å². The van der Waals surface area contributed by atoms with Crippen molar-refractivity contribution in [2.45, 2.75) is 44.8 Å². The molecule has 0 aliphatic carbocycles. The zero-order chi connectivity index (χ0) is 14.2. The molecule has 0 bridgehead atoms. The minimum atomic E-state index is -1.07. The first kappa shape index (κ1) is 17.1. The van der Waals surface area contributed by atoms with Crippen molar-refractivity contribution >= 4 is 7.69 Å². The maximum Gasteiger partial charge on any atom is 0.482 e. The van der Waals surface area contributed by atoms with Gasteiger partial charge in [0.25, 0.3) is 0 Å². The molecule has 101 valence electrons. The Morgan fingerprint density at radius 1 is 1.00 bits per heavy atom. The predicted molar refractivity (Wildman–Crippen MR) is 71.9 cm³/mol. The highest BCUT2D eigenvalue weighted by molar-refractivity contribution is 6.13. The number of hydrogen-bond donors (Lipinski definition) is 4. The first-order valence-corrected chi connectivity index (χ1v) is 5.83. The molecule has 0 aromatic heterocycles. The summed E-state index contributed by atoms with van der Waals surface area (Å²) in [6.07, 6.45) is 1.33. The molecule has 1 aromatic rings. The van der Waals surface area contributed by atoms with Gasteiger partial charge in [-0.3, -0.25) is 0 Å². The molecule has 0 saturated heterocycles. The molecule has 0 spiro atoms. The minimum Gasteiger partial charge on any atom is -0.429 e. The molecule has 1 radical (unpaired) electrons. The first-order valence-electron chi connectivity index (χ1n) is 5.83. The molecule has 5 heteroatoms. The van der Waals surface area contributed by atoms with Gasteiger partial charge in [-0.25, -0.2) is 0 Å². The van der Waals surface area contributed by atoms with E-state index in [9.17, 15) is 10.2 Å². The third-order valence-electron chi connectivity index (χ3n) is 3.06. The summed E-state index contributed by atoms with van der Waals surface area (Å²) in [4.78, 5) is 0. The van der Waals surface area contributed by atoms with E-state index in [0.717, 1.165) is 6.42 Å². The lowest BCUT2D eigenvalue weighted by molar-refractivity contribution is -0.123. The van der Waals surface area contributed by atoms with Gasteiger partial charge in [-0.1, -0.05) is 30.3 Å². The largest absolute Gasteiger partial charge is 0.482 e. The molecule has 1 rings (SSSR count). The van der Waals surface area contributed by atoms with Crippen LogP contribution < -0.4 is 0 Å². The molecule has 0 aliphatic heterocycles. The van der Waals surface area contributed by atoms with Crippen LogP contribution >= 0.6 is 0 Å². The molecule has 0 saturated carbocycles. The van der Waals surface area contributed by atoms with Crippen LogP contribution in [0, 0.1) is 0 Å². The van der Waals surface area contributed by atoms with Gasteiger partial charge in [-0.05, 0) is 39.2 Å². The fourth-order valence-electron chi connectivity index (χ4n) is 1.34. The van der Waals surface area contributed by atoms with Crippen molar-refractivity contribution in [2.24, 2.45) is 0 Å². The van der Waals surface area contributed by atoms with E-state index in [0.29, 0.717) is 6.42 Å². The summed E-state index contributed by atoms with van der Waals surface area (Å²) in [5.74, 6) is 0. The number of aryl methyl sites for hydroxylation is 1. The van der Waals surface area contributed by atoms with Gasteiger partial charge in [0, 0.05) is 0 Å². The maximum atomic E-state index is 10.1. The van der Waals surface area contributed by atoms with Crippen molar-refractivity contribution in [1.82, 2.24) is 0 Å². The summed E-state index contributed by atoms with van der Waals surface area (Å²) in [6.45, 7) is 4.95. The van der Waals surface area contributed by atoms with Gasteiger partial charge in [0.1, 0.15) is 0 Å². The topological polar surface area (TPSA) is 80.9 Å². The number of aliphatic hydroxyl groups is 2. The third kappa shape index (κ3) is 6.16. The van der Waals surface area contributed by atoms with E-state index in [4.69, 9.17) is 10.0 Å². The average Bonchev–Trinajstić information content (AvgIpc) is 2.27. The zero-order valence-corrected chi connectivity index (χ0v) is 11.2. The van der Waals surface area contributed by atoms with Crippen LogP contribution in [0.3, 0.4) is 0 Å². The molecule has 0 aliphatic rings. The second kappa shape index (κ2) is 7.54. The Bertz CT molecular complexity index is 320. The number of hydrogen-bond acceptors (Lipinski definition) is 4. The average molecular weight is 253 g/mol. The quantitative estimate of drug-likeness (QED) is 0.594. The Balaban J connectivity index is 0.000000873. The first-order chi connectivity index (χ1) is 8.24. The van der Waals surface area contributed by atoms with Gasteiger partial charge >= 0.3 is 7.69 Å². The highest BCUT2D eigenvalue weighted by Crippen LogP contribution is 2.26. The molecule has 18 heavy (non-hydrogen) atoms. The number of rotatable bonds is 4. The smallest absolute Gasteiger partial charge is 0.429 e. The molecule has 0 fully saturated rings. The Hall–Kier alpha value is -0.875. The van der Waals surface area contributed by atoms with Crippen LogP contribution in [0.25, 0.3) is 0 Å². The van der Waals surface area contributed by atoms with E-state index in [1.54, 1.807) is 20.8 Å². The van der Waals surface area contributed by atoms with Crippen molar-refractivity contribution in [1.29, 1.82) is 0 Å². The Labute approximate surface area is 109 Å². The highest BCUT2D eigenvalue weighted by Gasteiger charge is 2.36. The Morgan fingerprint density at radius 3 is 1.83 bits per heavy atom. The molecular formula is C13H22BO4. The van der Waals surface area contributed by atoms with E-state index >= 15 is 0 Å². The van der Waals surface area contributed by atoms with Gasteiger partial charge in [-0.2, -0.15) is 0 Å². The standard InChI is InChI=1S/C13H20O2.BH2O2/c1-12(2,14)13(3,15)10-9-11-7-5-4-6-8-11;2-1-3/h4-8,14-15H,9-10H2,1-3H3;2-3H. The molecule has 0 amide bonds. The van der Waals surface area contributed by atoms with Gasteiger partial charge in [0.2, 0.25) is 0 Å². The van der Waals surface area contributed by atoms with Gasteiger partial charge in [0.05, 0.1) is 11.2 Å². The fourth-order valence-corrected chi connectivity index (χ4v) is 1.34. The fraction of sp³-hybridized carbons (Fsp3) is 0.538.